The predicted octanol–water partition coefficient (Wildman–Crippen LogP) is 5.13. The van der Waals surface area contributed by atoms with Gasteiger partial charge in [-0.2, -0.15) is 0 Å². The minimum absolute atomic E-state index is 0. The molecule has 0 rings (SSSR count). The molecule has 0 saturated heterocycles. The Labute approximate surface area is 75.4 Å². The van der Waals surface area contributed by atoms with Gasteiger partial charge in [0.15, 0.2) is 0 Å². The maximum absolute atomic E-state index is 2.19. The second kappa shape index (κ2) is 16.5. The van der Waals surface area contributed by atoms with E-state index in [1.807, 2.05) is 13.8 Å². The zero-order valence-electron chi connectivity index (χ0n) is 9.21. The molecule has 0 aromatic rings. The van der Waals surface area contributed by atoms with Crippen LogP contribution in [-0.4, -0.2) is 0 Å². The fourth-order valence-corrected chi connectivity index (χ4v) is 0. The molecule has 0 nitrogen and oxygen atoms in total. The first-order valence-electron chi connectivity index (χ1n) is 4.41. The molecular formula is C11H30. The van der Waals surface area contributed by atoms with E-state index in [9.17, 15) is 0 Å². The van der Waals surface area contributed by atoms with Crippen molar-refractivity contribution < 1.29 is 0 Å². The van der Waals surface area contributed by atoms with Crippen molar-refractivity contribution in [2.45, 2.75) is 69.2 Å². The molecule has 0 spiro atoms. The van der Waals surface area contributed by atoms with Crippen molar-refractivity contribution >= 4 is 0 Å². The molecule has 0 heteroatoms. The lowest BCUT2D eigenvalue weighted by atomic mass is 10.0. The lowest BCUT2D eigenvalue weighted by molar-refractivity contribution is 0.469. The van der Waals surface area contributed by atoms with Gasteiger partial charge in [0.1, 0.15) is 0 Å². The van der Waals surface area contributed by atoms with Crippen LogP contribution in [0, 0.1) is 5.41 Å². The second-order valence-electron chi connectivity index (χ2n) is 3.71. The fourth-order valence-electron chi connectivity index (χ4n) is 0. The summed E-state index contributed by atoms with van der Waals surface area (Å²) in [6, 6.07) is 0. The highest BCUT2D eigenvalue weighted by atomic mass is 14.0. The Balaban J connectivity index is -0.0000000360. The van der Waals surface area contributed by atoms with Gasteiger partial charge in [-0.25, -0.2) is 0 Å². The van der Waals surface area contributed by atoms with Crippen LogP contribution in [-0.2, 0) is 0 Å². The summed E-state index contributed by atoms with van der Waals surface area (Å²) in [5.74, 6) is 0. The summed E-state index contributed by atoms with van der Waals surface area (Å²) in [4.78, 5) is 0. The maximum atomic E-state index is 2.19. The van der Waals surface area contributed by atoms with E-state index in [1.54, 1.807) is 0 Å². The Morgan fingerprint density at radius 1 is 0.818 bits per heavy atom. The first-order valence-corrected chi connectivity index (χ1v) is 4.41. The molecule has 11 heavy (non-hydrogen) atoms. The van der Waals surface area contributed by atoms with Crippen molar-refractivity contribution in [3.8, 4) is 0 Å². The van der Waals surface area contributed by atoms with Crippen LogP contribution in [0.15, 0.2) is 0 Å². The summed E-state index contributed by atoms with van der Waals surface area (Å²) >= 11 is 0. The van der Waals surface area contributed by atoms with Crippen molar-refractivity contribution in [2.24, 2.45) is 5.41 Å². The standard InChI is InChI=1S/C5H12.C3H8.C2H6.CH4/c1-5(2,3)4;1-3-2;1-2;/h1-4H3;3H2,1-2H3;1-2H3;1H4. The van der Waals surface area contributed by atoms with Crippen LogP contribution in [0.25, 0.3) is 0 Å². The van der Waals surface area contributed by atoms with Crippen molar-refractivity contribution in [3.05, 3.63) is 0 Å². The van der Waals surface area contributed by atoms with Crippen molar-refractivity contribution in [1.82, 2.24) is 0 Å². The quantitative estimate of drug-likeness (QED) is 0.463. The Kier molecular flexibility index (Phi) is 33.7. The summed E-state index contributed by atoms with van der Waals surface area (Å²) in [6.07, 6.45) is 1.25. The van der Waals surface area contributed by atoms with E-state index in [-0.39, 0.29) is 7.43 Å². The fraction of sp³-hybridized carbons (Fsp3) is 1.00. The van der Waals surface area contributed by atoms with Crippen LogP contribution in [0.2, 0.25) is 0 Å². The third kappa shape index (κ3) is 0. The van der Waals surface area contributed by atoms with E-state index in [1.165, 1.54) is 6.42 Å². The zero-order valence-corrected chi connectivity index (χ0v) is 9.21. The topological polar surface area (TPSA) is 0 Å². The Morgan fingerprint density at radius 2 is 0.818 bits per heavy atom. The molecule has 0 amide bonds. The lowest BCUT2D eigenvalue weighted by Gasteiger charge is -2.05. The molecule has 0 bridgehead atoms. The van der Waals surface area contributed by atoms with Gasteiger partial charge >= 0.3 is 0 Å². The maximum Gasteiger partial charge on any atom is -0.0411 e. The third-order valence-electron chi connectivity index (χ3n) is 0. The lowest BCUT2D eigenvalue weighted by Crippen LogP contribution is -1.93. The van der Waals surface area contributed by atoms with Gasteiger partial charge in [0.2, 0.25) is 0 Å². The highest BCUT2D eigenvalue weighted by Gasteiger charge is 1.95. The number of hydrogen-bond donors (Lipinski definition) is 0. The largest absolute Gasteiger partial charge is 0.0776 e. The molecule has 0 saturated carbocycles. The molecule has 0 aliphatic heterocycles. The number of rotatable bonds is 0. The van der Waals surface area contributed by atoms with E-state index >= 15 is 0 Å². The van der Waals surface area contributed by atoms with Crippen molar-refractivity contribution in [3.63, 3.8) is 0 Å². The molecule has 0 radical (unpaired) electrons. The van der Waals surface area contributed by atoms with Gasteiger partial charge < -0.3 is 0 Å². The molecule has 0 aromatic heterocycles. The van der Waals surface area contributed by atoms with E-state index in [0.717, 1.165) is 0 Å². The van der Waals surface area contributed by atoms with Crippen LogP contribution in [0.1, 0.15) is 69.2 Å². The third-order valence-corrected chi connectivity index (χ3v) is 0. The summed E-state index contributed by atoms with van der Waals surface area (Å²) in [7, 11) is 0. The van der Waals surface area contributed by atoms with Crippen LogP contribution < -0.4 is 0 Å². The summed E-state index contributed by atoms with van der Waals surface area (Å²) in [6.45, 7) is 17.0. The first-order chi connectivity index (χ1) is 4.41. The first kappa shape index (κ1) is 22.4. The van der Waals surface area contributed by atoms with Crippen LogP contribution in [0.5, 0.6) is 0 Å². The van der Waals surface area contributed by atoms with Gasteiger partial charge in [0.25, 0.3) is 0 Å². The Bertz CT molecular complexity index is 23.8. The summed E-state index contributed by atoms with van der Waals surface area (Å²) in [5, 5.41) is 0. The molecule has 0 fully saturated rings. The highest BCUT2D eigenvalue weighted by Crippen LogP contribution is 2.07. The van der Waals surface area contributed by atoms with Gasteiger partial charge in [-0.3, -0.25) is 0 Å². The average Bonchev–Trinajstić information content (AvgIpc) is 1.68. The molecule has 0 N–H and O–H groups in total. The molecule has 0 heterocycles. The van der Waals surface area contributed by atoms with Crippen molar-refractivity contribution in [2.75, 3.05) is 0 Å². The molecule has 0 aliphatic rings. The van der Waals surface area contributed by atoms with Crippen LogP contribution >= 0.6 is 0 Å². The Morgan fingerprint density at radius 3 is 0.818 bits per heavy atom. The summed E-state index contributed by atoms with van der Waals surface area (Å²) < 4.78 is 0. The zero-order chi connectivity index (χ0) is 9.21. The highest BCUT2D eigenvalue weighted by molar-refractivity contribution is 4.47. The molecule has 74 valence electrons. The SMILES string of the molecule is C.CC.CC(C)(C)C.CCC. The van der Waals surface area contributed by atoms with E-state index in [4.69, 9.17) is 0 Å². The van der Waals surface area contributed by atoms with Gasteiger partial charge in [-0.05, 0) is 5.41 Å². The van der Waals surface area contributed by atoms with Crippen LogP contribution in [0.4, 0.5) is 0 Å². The van der Waals surface area contributed by atoms with E-state index in [2.05, 4.69) is 41.5 Å². The van der Waals surface area contributed by atoms with Gasteiger partial charge in [0.05, 0.1) is 0 Å². The van der Waals surface area contributed by atoms with Gasteiger partial charge in [0, 0.05) is 0 Å². The van der Waals surface area contributed by atoms with Crippen molar-refractivity contribution in [1.29, 1.82) is 0 Å². The summed E-state index contributed by atoms with van der Waals surface area (Å²) in [5.41, 5.74) is 0.500. The minimum Gasteiger partial charge on any atom is -0.0776 e. The molecule has 0 aromatic carbocycles. The van der Waals surface area contributed by atoms with E-state index in [0.29, 0.717) is 5.41 Å². The van der Waals surface area contributed by atoms with Gasteiger partial charge in [-0.15, -0.1) is 0 Å². The Hall–Kier alpha value is 0. The average molecular weight is 162 g/mol. The smallest absolute Gasteiger partial charge is 0.0411 e. The normalized spacial score (nSPS) is 7.64. The second-order valence-corrected chi connectivity index (χ2v) is 3.71. The molecule has 0 aliphatic carbocycles. The molecular weight excluding hydrogens is 132 g/mol. The van der Waals surface area contributed by atoms with Crippen LogP contribution in [0.3, 0.4) is 0 Å². The predicted molar refractivity (Wildman–Crippen MR) is 59.2 cm³/mol. The molecule has 0 atom stereocenters. The van der Waals surface area contributed by atoms with E-state index < -0.39 is 0 Å². The number of hydrogen-bond acceptors (Lipinski definition) is 0. The molecule has 0 unspecified atom stereocenters. The van der Waals surface area contributed by atoms with Gasteiger partial charge in [-0.1, -0.05) is 69.2 Å². The monoisotopic (exact) mass is 162 g/mol. The minimum atomic E-state index is 0.